The highest BCUT2D eigenvalue weighted by molar-refractivity contribution is 6.79. The van der Waals surface area contributed by atoms with Crippen molar-refractivity contribution in [3.63, 3.8) is 0 Å². The zero-order valence-electron chi connectivity index (χ0n) is 12.3. The Morgan fingerprint density at radius 1 is 0.789 bits per heavy atom. The van der Waals surface area contributed by atoms with Crippen LogP contribution >= 0.6 is 0 Å². The third-order valence-electron chi connectivity index (χ3n) is 3.43. The summed E-state index contributed by atoms with van der Waals surface area (Å²) >= 11 is 0. The van der Waals surface area contributed by atoms with Gasteiger partial charge >= 0.3 is 0 Å². The normalized spacial score (nSPS) is 13.1. The molecule has 0 aromatic heterocycles. The number of benzene rings is 2. The molecule has 1 unspecified atom stereocenters. The molecule has 2 aromatic rings. The van der Waals surface area contributed by atoms with Crippen LogP contribution in [0.3, 0.4) is 0 Å². The molecular weight excluding hydrogens is 246 g/mol. The lowest BCUT2D eigenvalue weighted by Crippen LogP contribution is -2.47. The number of nitrogens with zero attached hydrogens (tertiary/aromatic N) is 1. The molecule has 0 aliphatic heterocycles. The van der Waals surface area contributed by atoms with Gasteiger partial charge < -0.3 is 4.57 Å². The molecule has 0 saturated carbocycles. The van der Waals surface area contributed by atoms with Crippen molar-refractivity contribution in [2.45, 2.75) is 32.6 Å². The smallest absolute Gasteiger partial charge is 0.148 e. The van der Waals surface area contributed by atoms with Gasteiger partial charge in [-0.1, -0.05) is 68.2 Å². The summed E-state index contributed by atoms with van der Waals surface area (Å²) in [6, 6.07) is 22.0. The summed E-state index contributed by atoms with van der Waals surface area (Å²) in [6.45, 7) is 9.51. The van der Waals surface area contributed by atoms with E-state index in [4.69, 9.17) is 0 Å². The first-order valence-corrected chi connectivity index (χ1v) is 10.3. The van der Waals surface area contributed by atoms with Crippen LogP contribution < -0.4 is 4.57 Å². The van der Waals surface area contributed by atoms with E-state index in [2.05, 4.69) is 91.8 Å². The van der Waals surface area contributed by atoms with Gasteiger partial charge in [0.2, 0.25) is 0 Å². The number of hydrogen-bond donors (Lipinski definition) is 0. The molecule has 2 aromatic carbocycles. The van der Waals surface area contributed by atoms with Crippen LogP contribution in [0.1, 0.15) is 18.5 Å². The third kappa shape index (κ3) is 3.27. The summed E-state index contributed by atoms with van der Waals surface area (Å²) in [5.74, 6) is 0. The van der Waals surface area contributed by atoms with E-state index in [1.165, 1.54) is 11.3 Å². The number of para-hydroxylation sites is 1. The zero-order valence-corrected chi connectivity index (χ0v) is 13.3. The molecule has 19 heavy (non-hydrogen) atoms. The van der Waals surface area contributed by atoms with Gasteiger partial charge in [-0.2, -0.15) is 0 Å². The van der Waals surface area contributed by atoms with Crippen molar-refractivity contribution in [2.75, 3.05) is 4.57 Å². The van der Waals surface area contributed by atoms with Crippen molar-refractivity contribution in [1.82, 2.24) is 0 Å². The van der Waals surface area contributed by atoms with Gasteiger partial charge in [-0.25, -0.2) is 0 Å². The monoisotopic (exact) mass is 269 g/mol. The molecule has 1 atom stereocenters. The van der Waals surface area contributed by atoms with Gasteiger partial charge in [-0.05, 0) is 24.6 Å². The average molecular weight is 269 g/mol. The predicted molar refractivity (Wildman–Crippen MR) is 87.1 cm³/mol. The second kappa shape index (κ2) is 5.62. The molecule has 0 aliphatic carbocycles. The maximum absolute atomic E-state index is 2.61. The van der Waals surface area contributed by atoms with Crippen molar-refractivity contribution in [3.05, 3.63) is 66.2 Å². The van der Waals surface area contributed by atoms with Crippen LogP contribution in [0, 0.1) is 0 Å². The van der Waals surface area contributed by atoms with Crippen molar-refractivity contribution in [3.8, 4) is 0 Å². The van der Waals surface area contributed by atoms with Crippen LogP contribution in [-0.2, 0) is 0 Å². The summed E-state index contributed by atoms with van der Waals surface area (Å²) in [6.07, 6.45) is 0. The molecule has 0 radical (unpaired) electrons. The molecule has 0 fully saturated rings. The Hall–Kier alpha value is -1.54. The Morgan fingerprint density at radius 2 is 1.26 bits per heavy atom. The van der Waals surface area contributed by atoms with Crippen LogP contribution in [0.2, 0.25) is 19.6 Å². The van der Waals surface area contributed by atoms with Gasteiger partial charge in [0.05, 0.1) is 0 Å². The van der Waals surface area contributed by atoms with E-state index in [-0.39, 0.29) is 0 Å². The standard InChI is InChI=1S/C17H23NSi/c1-15(16-11-7-5-8-12-16)18(19(2,3)4)17-13-9-6-10-14-17/h5-15H,1-4H3. The van der Waals surface area contributed by atoms with Gasteiger partial charge in [0.15, 0.2) is 0 Å². The molecule has 0 amide bonds. The maximum Gasteiger partial charge on any atom is 0.148 e. The lowest BCUT2D eigenvalue weighted by molar-refractivity contribution is 0.792. The summed E-state index contributed by atoms with van der Waals surface area (Å²) in [4.78, 5) is 0. The number of anilines is 1. The van der Waals surface area contributed by atoms with E-state index >= 15 is 0 Å². The molecule has 100 valence electrons. The molecule has 0 N–H and O–H groups in total. The fourth-order valence-electron chi connectivity index (χ4n) is 2.66. The first-order valence-electron chi connectivity index (χ1n) is 6.89. The molecule has 1 nitrogen and oxygen atoms in total. The van der Waals surface area contributed by atoms with Crippen LogP contribution in [0.25, 0.3) is 0 Å². The van der Waals surface area contributed by atoms with E-state index < -0.39 is 8.24 Å². The topological polar surface area (TPSA) is 3.24 Å². The van der Waals surface area contributed by atoms with Crippen LogP contribution in [0.5, 0.6) is 0 Å². The number of hydrogen-bond acceptors (Lipinski definition) is 1. The van der Waals surface area contributed by atoms with Crippen molar-refractivity contribution < 1.29 is 0 Å². The SMILES string of the molecule is CC(c1ccccc1)N(c1ccccc1)[Si](C)(C)C. The Kier molecular flexibility index (Phi) is 4.10. The van der Waals surface area contributed by atoms with Gasteiger partial charge in [0.1, 0.15) is 8.24 Å². The Labute approximate surface area is 118 Å². The fraction of sp³-hybridized carbons (Fsp3) is 0.294. The molecular formula is C17H23NSi. The van der Waals surface area contributed by atoms with Gasteiger partial charge in [-0.15, -0.1) is 0 Å². The largest absolute Gasteiger partial charge is 0.392 e. The minimum atomic E-state index is -1.44. The van der Waals surface area contributed by atoms with E-state index in [0.29, 0.717) is 6.04 Å². The lowest BCUT2D eigenvalue weighted by Gasteiger charge is -2.41. The second-order valence-corrected chi connectivity index (χ2v) is 10.8. The van der Waals surface area contributed by atoms with E-state index in [1.54, 1.807) is 0 Å². The highest BCUT2D eigenvalue weighted by Crippen LogP contribution is 2.31. The highest BCUT2D eigenvalue weighted by Gasteiger charge is 2.29. The van der Waals surface area contributed by atoms with E-state index in [1.807, 2.05) is 0 Å². The van der Waals surface area contributed by atoms with E-state index in [9.17, 15) is 0 Å². The maximum atomic E-state index is 2.61. The Morgan fingerprint density at radius 3 is 1.74 bits per heavy atom. The Bertz CT molecular complexity index is 502. The fourth-order valence-corrected chi connectivity index (χ4v) is 4.90. The van der Waals surface area contributed by atoms with Gasteiger partial charge in [-0.3, -0.25) is 0 Å². The molecule has 0 heterocycles. The minimum Gasteiger partial charge on any atom is -0.392 e. The lowest BCUT2D eigenvalue weighted by atomic mass is 10.1. The molecule has 0 bridgehead atoms. The summed E-state index contributed by atoms with van der Waals surface area (Å²) in [7, 11) is -1.44. The molecule has 0 saturated heterocycles. The van der Waals surface area contributed by atoms with Crippen molar-refractivity contribution in [2.24, 2.45) is 0 Å². The zero-order chi connectivity index (χ0) is 13.9. The third-order valence-corrected chi connectivity index (χ3v) is 5.52. The first kappa shape index (κ1) is 13.9. The van der Waals surface area contributed by atoms with Gasteiger partial charge in [0, 0.05) is 11.7 Å². The highest BCUT2D eigenvalue weighted by atomic mass is 28.3. The van der Waals surface area contributed by atoms with Crippen LogP contribution in [0.4, 0.5) is 5.69 Å². The first-order chi connectivity index (χ1) is 9.00. The second-order valence-electron chi connectivity index (χ2n) is 5.96. The Balaban J connectivity index is 2.40. The molecule has 2 rings (SSSR count). The summed E-state index contributed by atoms with van der Waals surface area (Å²) in [5, 5.41) is 0. The van der Waals surface area contributed by atoms with Crippen molar-refractivity contribution in [1.29, 1.82) is 0 Å². The number of rotatable bonds is 4. The van der Waals surface area contributed by atoms with Crippen molar-refractivity contribution >= 4 is 13.9 Å². The predicted octanol–water partition coefficient (Wildman–Crippen LogP) is 5.09. The summed E-state index contributed by atoms with van der Waals surface area (Å²) < 4.78 is 2.61. The van der Waals surface area contributed by atoms with Crippen LogP contribution in [-0.4, -0.2) is 8.24 Å². The summed E-state index contributed by atoms with van der Waals surface area (Å²) in [5.41, 5.74) is 2.71. The van der Waals surface area contributed by atoms with Gasteiger partial charge in [0.25, 0.3) is 0 Å². The van der Waals surface area contributed by atoms with Crippen LogP contribution in [0.15, 0.2) is 60.7 Å². The van der Waals surface area contributed by atoms with E-state index in [0.717, 1.165) is 0 Å². The quantitative estimate of drug-likeness (QED) is 0.699. The average Bonchev–Trinajstić information content (AvgIpc) is 2.39. The molecule has 2 heteroatoms. The molecule has 0 aliphatic rings. The molecule has 0 spiro atoms. The minimum absolute atomic E-state index is 0.412.